The van der Waals surface area contributed by atoms with Crippen LogP contribution in [0.4, 0.5) is 0 Å². The quantitative estimate of drug-likeness (QED) is 0.0178. The molecule has 6 aromatic carbocycles. The van der Waals surface area contributed by atoms with E-state index in [4.69, 9.17) is 75.4 Å². The molecule has 5 heterocycles. The third-order valence-electron chi connectivity index (χ3n) is 17.7. The average Bonchev–Trinajstić information content (AvgIpc) is 1.18. The Morgan fingerprint density at radius 1 is 0.680 bits per heavy atom. The summed E-state index contributed by atoms with van der Waals surface area (Å²) in [6.45, 7) is 14.5. The van der Waals surface area contributed by atoms with Crippen molar-refractivity contribution in [1.29, 1.82) is 0 Å². The van der Waals surface area contributed by atoms with Gasteiger partial charge < -0.3 is 52.2 Å². The number of pyridine rings is 2. The van der Waals surface area contributed by atoms with Crippen LogP contribution in [0.25, 0.3) is 44.1 Å². The largest absolute Gasteiger partial charge is 1.00 e. The van der Waals surface area contributed by atoms with E-state index in [2.05, 4.69) is 41.5 Å². The Balaban J connectivity index is 0.000000201. The van der Waals surface area contributed by atoms with E-state index in [0.29, 0.717) is 50.8 Å². The molecule has 97 heavy (non-hydrogen) atoms. The summed E-state index contributed by atoms with van der Waals surface area (Å²) in [5, 5.41) is 3.98. The second-order valence-electron chi connectivity index (χ2n) is 23.6. The minimum absolute atomic E-state index is 0. The van der Waals surface area contributed by atoms with Crippen LogP contribution in [0.15, 0.2) is 174 Å². The van der Waals surface area contributed by atoms with Gasteiger partial charge in [0.05, 0.1) is 49.1 Å². The number of ether oxygens (including phenoxy) is 3. The third kappa shape index (κ3) is 18.6. The monoisotopic (exact) mass is 1420 g/mol. The Bertz CT molecular complexity index is 4430. The molecule has 0 amide bonds. The van der Waals surface area contributed by atoms with Crippen LogP contribution in [0.2, 0.25) is 38.2 Å². The van der Waals surface area contributed by atoms with Gasteiger partial charge in [-0.2, -0.15) is 6.20 Å². The summed E-state index contributed by atoms with van der Waals surface area (Å²) in [4.78, 5) is 47.5. The van der Waals surface area contributed by atoms with Crippen LogP contribution in [-0.4, -0.2) is 87.8 Å². The van der Waals surface area contributed by atoms with Gasteiger partial charge in [0.15, 0.2) is 12.1 Å². The summed E-state index contributed by atoms with van der Waals surface area (Å²) in [7, 11) is -1.26. The van der Waals surface area contributed by atoms with Gasteiger partial charge in [0.25, 0.3) is 11.1 Å². The molecule has 10 aromatic rings. The number of nitrogens with zero attached hydrogens (tertiary/aromatic N) is 6. The molecule has 2 atom stereocenters. The molecule has 2 N–H and O–H groups in total. The van der Waals surface area contributed by atoms with Crippen LogP contribution in [0, 0.1) is 6.20 Å². The molecule has 4 aromatic heterocycles. The van der Waals surface area contributed by atoms with Gasteiger partial charge in [-0.05, 0) is 177 Å². The van der Waals surface area contributed by atoms with E-state index in [0.717, 1.165) is 93.5 Å². The van der Waals surface area contributed by atoms with Crippen molar-refractivity contribution in [3.05, 3.63) is 239 Å². The van der Waals surface area contributed by atoms with E-state index < -0.39 is 21.2 Å². The van der Waals surface area contributed by atoms with E-state index in [1.165, 1.54) is 36.4 Å². The number of benzene rings is 6. The summed E-state index contributed by atoms with van der Waals surface area (Å²) in [5.74, 6) is -0.107. The molecule has 1 saturated heterocycles. The predicted molar refractivity (Wildman–Crippen MR) is 390 cm³/mol. The van der Waals surface area contributed by atoms with E-state index >= 15 is 0 Å². The molecule has 0 saturated carbocycles. The van der Waals surface area contributed by atoms with Gasteiger partial charge in [0, 0.05) is 96.1 Å². The predicted octanol–water partition coefficient (Wildman–Crippen LogP) is 13.7. The number of hydrogen-bond donors (Lipinski definition) is 1. The van der Waals surface area contributed by atoms with Crippen LogP contribution in [0.1, 0.15) is 99.5 Å². The number of hydrogen-bond acceptors (Lipinski definition) is 12. The van der Waals surface area contributed by atoms with Gasteiger partial charge in [-0.1, -0.05) is 139 Å². The maximum Gasteiger partial charge on any atom is 1.00 e. The molecule has 0 bridgehead atoms. The number of fused-ring (bicyclic) bond motifs is 2. The average molecular weight is 1420 g/mol. The second kappa shape index (κ2) is 35.7. The molecule has 0 spiro atoms. The number of ketones is 1. The summed E-state index contributed by atoms with van der Waals surface area (Å²) in [5.41, 5.74) is 15.5. The fourth-order valence-corrected chi connectivity index (χ4v) is 17.8. The zero-order chi connectivity index (χ0) is 68.6. The fourth-order valence-electron chi connectivity index (χ4n) is 12.3. The van der Waals surface area contributed by atoms with Crippen LogP contribution < -0.4 is 41.2 Å². The number of imidazole rings is 2. The smallest absolute Gasteiger partial charge is 0.500 e. The molecule has 11 rings (SSSR count). The Morgan fingerprint density at radius 2 is 1.24 bits per heavy atom. The van der Waals surface area contributed by atoms with E-state index in [1.54, 1.807) is 110 Å². The maximum absolute atomic E-state index is 13.0. The van der Waals surface area contributed by atoms with E-state index in [1.807, 2.05) is 95.7 Å². The van der Waals surface area contributed by atoms with Crippen LogP contribution in [0.5, 0.6) is 0 Å². The first-order chi connectivity index (χ1) is 46.3. The number of aryl methyl sites for hydroxylation is 4. The second-order valence-corrected chi connectivity index (χ2v) is 32.5. The van der Waals surface area contributed by atoms with Crippen molar-refractivity contribution in [1.82, 2.24) is 28.2 Å². The van der Waals surface area contributed by atoms with Crippen LogP contribution in [0.3, 0.4) is 0 Å². The van der Waals surface area contributed by atoms with Gasteiger partial charge >= 0.3 is 26.5 Å². The number of rotatable bonds is 26. The standard InChI is InChI=1S/C34H37Cl2N4O5P.C23H15Cl2NO2.C17H31N2O2Si.Li/c1-4-44-46(42,45-5-2)23-43-17-7-16-40-22-38-21-32(40)34(37,25-10-13-27(35)14-11-25)26-12-15-31-30(19-26)29(20-33(41)39(31)3)24-8-6-9-28(36)18-24;1-26-21-10-7-16(23(28)14-5-8-17(24)9-6-14)12-20(21)19(13-22(26)27)15-3-2-4-18(25)11-15;1-4-22(5-2,6-3)17-18-11-13-19(17)12-9-15-21-16-10-7-8-14-20-16;/h6,8-15,18-22H,4-5,7,16-17,23,37H2,1-3H3;2-13H,1H3;11,16H,4-10,12,14-15H2,1-3H3;/q;;-1;+1/t34-;;;/m1.../s1. The number of nitrogens with two attached hydrogens (primary N) is 1. The number of carbonyl (C=O) groups excluding carboxylic acids is 1. The first kappa shape index (κ1) is 76.5. The summed E-state index contributed by atoms with van der Waals surface area (Å²) >= 11 is 24.7. The van der Waals surface area contributed by atoms with Crippen LogP contribution in [-0.2, 0) is 60.5 Å². The SMILES string of the molecule is CCOP(=O)(COCCCn1cncc1[C@@](N)(c1ccc(Cl)cc1)c1ccc2c(c1)c(-c1cccc(Cl)c1)cc(=O)n2C)OCC.CC[Si](CC)(CC)c1nc[c-]n1CCCOC1CCCCO1.Cn1c(=O)cc(-c2cccc(Cl)c2)c2cc(C(=O)c3ccc(Cl)cc3)ccc21.[Li+]. The molecule has 1 aliphatic rings. The van der Waals surface area contributed by atoms with Crippen molar-refractivity contribution in [3.8, 4) is 22.3 Å². The first-order valence-electron chi connectivity index (χ1n) is 32.6. The maximum atomic E-state index is 13.0. The normalized spacial score (nSPS) is 13.9. The van der Waals surface area contributed by atoms with Gasteiger partial charge in [0.1, 0.15) is 11.9 Å². The Kier molecular flexibility index (Phi) is 28.2. The fraction of sp³-hybridized carbons (Fsp3) is 0.338. The number of halogens is 4. The summed E-state index contributed by atoms with van der Waals surface area (Å²) in [6.07, 6.45) is 13.6. The summed E-state index contributed by atoms with van der Waals surface area (Å²) < 4.78 is 48.0. The number of carbonyl (C=O) groups is 1. The van der Waals surface area contributed by atoms with Crippen molar-refractivity contribution in [2.75, 3.05) is 39.4 Å². The molecule has 506 valence electrons. The van der Waals surface area contributed by atoms with Crippen molar-refractivity contribution in [3.63, 3.8) is 0 Å². The van der Waals surface area contributed by atoms with Crippen molar-refractivity contribution in [2.24, 2.45) is 19.8 Å². The molecule has 1 aliphatic heterocycles. The minimum Gasteiger partial charge on any atom is -0.500 e. The zero-order valence-electron chi connectivity index (χ0n) is 56.4. The third-order valence-corrected chi connectivity index (χ3v) is 25.9. The van der Waals surface area contributed by atoms with Crippen molar-refractivity contribution in [2.45, 2.75) is 110 Å². The summed E-state index contributed by atoms with van der Waals surface area (Å²) in [6, 6.07) is 47.2. The van der Waals surface area contributed by atoms with Gasteiger partial charge in [-0.15, -0.1) is 0 Å². The molecule has 23 heteroatoms. The number of aromatic nitrogens is 6. The first-order valence-corrected chi connectivity index (χ1v) is 38.4. The zero-order valence-corrected chi connectivity index (χ0v) is 61.3. The molecular weight excluding hydrogens is 1340 g/mol. The van der Waals surface area contributed by atoms with Gasteiger partial charge in [0.2, 0.25) is 0 Å². The Morgan fingerprint density at radius 3 is 1.80 bits per heavy atom. The van der Waals surface area contributed by atoms with Crippen molar-refractivity contribution < 1.29 is 51.5 Å². The van der Waals surface area contributed by atoms with Crippen molar-refractivity contribution >= 4 is 95.1 Å². The molecule has 0 aliphatic carbocycles. The Hall–Kier alpha value is -6.21. The van der Waals surface area contributed by atoms with Gasteiger partial charge in [-0.25, -0.2) is 4.98 Å². The van der Waals surface area contributed by atoms with E-state index in [9.17, 15) is 18.9 Å². The molecule has 0 radical (unpaired) electrons. The minimum atomic E-state index is -3.30. The van der Waals surface area contributed by atoms with Gasteiger partial charge in [-0.3, -0.25) is 18.9 Å². The molecule has 1 unspecified atom stereocenters. The van der Waals surface area contributed by atoms with E-state index in [-0.39, 0.29) is 61.6 Å². The molecule has 16 nitrogen and oxygen atoms in total. The topological polar surface area (TPSA) is 186 Å². The molecular formula is C74H83Cl4LiN7O9PSi. The Labute approximate surface area is 601 Å². The van der Waals surface area contributed by atoms with Crippen LogP contribution >= 0.6 is 54.0 Å². The molecule has 1 fully saturated rings.